The highest BCUT2D eigenvalue weighted by molar-refractivity contribution is 6.30. The maximum absolute atomic E-state index is 6.15. The molecule has 114 valence electrons. The summed E-state index contributed by atoms with van der Waals surface area (Å²) in [6.07, 6.45) is 2.09. The Hall–Kier alpha value is -0.770. The molecule has 0 heterocycles. The Morgan fingerprint density at radius 3 is 2.65 bits per heavy atom. The summed E-state index contributed by atoms with van der Waals surface area (Å²) in [6, 6.07) is 6.01. The molecule has 4 heteroatoms. The van der Waals surface area contributed by atoms with E-state index in [4.69, 9.17) is 21.1 Å². The molecular formula is C16H26ClNO2. The Labute approximate surface area is 127 Å². The summed E-state index contributed by atoms with van der Waals surface area (Å²) in [5.74, 6) is 1.32. The molecule has 20 heavy (non-hydrogen) atoms. The number of hydrogen-bond donors (Lipinski definition) is 1. The van der Waals surface area contributed by atoms with Crippen molar-refractivity contribution >= 4 is 11.6 Å². The SMILES string of the molecule is CCCNC(c1cc(Cl)ccc1OC)C(C)CCOC. The summed E-state index contributed by atoms with van der Waals surface area (Å²) in [5.41, 5.74) is 1.12. The molecule has 0 bridgehead atoms. The fourth-order valence-corrected chi connectivity index (χ4v) is 2.52. The van der Waals surface area contributed by atoms with E-state index in [9.17, 15) is 0 Å². The van der Waals surface area contributed by atoms with Crippen molar-refractivity contribution in [3.05, 3.63) is 28.8 Å². The van der Waals surface area contributed by atoms with Gasteiger partial charge in [0.1, 0.15) is 5.75 Å². The van der Waals surface area contributed by atoms with Crippen LogP contribution in [0.25, 0.3) is 0 Å². The molecule has 0 saturated heterocycles. The number of benzene rings is 1. The largest absolute Gasteiger partial charge is 0.496 e. The van der Waals surface area contributed by atoms with Crippen LogP contribution in [0, 0.1) is 5.92 Å². The van der Waals surface area contributed by atoms with E-state index >= 15 is 0 Å². The van der Waals surface area contributed by atoms with Gasteiger partial charge in [-0.25, -0.2) is 0 Å². The van der Waals surface area contributed by atoms with Crippen molar-refractivity contribution in [2.24, 2.45) is 5.92 Å². The molecule has 1 N–H and O–H groups in total. The second kappa shape index (κ2) is 9.22. The van der Waals surface area contributed by atoms with Gasteiger partial charge in [-0.1, -0.05) is 25.4 Å². The molecule has 2 atom stereocenters. The molecule has 0 amide bonds. The van der Waals surface area contributed by atoms with Gasteiger partial charge in [0.2, 0.25) is 0 Å². The molecule has 0 aliphatic heterocycles. The summed E-state index contributed by atoms with van der Waals surface area (Å²) in [7, 11) is 3.44. The Morgan fingerprint density at radius 2 is 2.05 bits per heavy atom. The minimum Gasteiger partial charge on any atom is -0.496 e. The van der Waals surface area contributed by atoms with Gasteiger partial charge < -0.3 is 14.8 Å². The van der Waals surface area contributed by atoms with Crippen LogP contribution >= 0.6 is 11.6 Å². The van der Waals surface area contributed by atoms with Crippen molar-refractivity contribution in [1.29, 1.82) is 0 Å². The monoisotopic (exact) mass is 299 g/mol. The Kier molecular flexibility index (Phi) is 7.97. The summed E-state index contributed by atoms with van der Waals surface area (Å²) >= 11 is 6.15. The molecule has 1 aromatic carbocycles. The Bertz CT molecular complexity index is 398. The molecule has 1 aromatic rings. The molecule has 0 saturated carbocycles. The van der Waals surface area contributed by atoms with Gasteiger partial charge in [-0.3, -0.25) is 0 Å². The van der Waals surface area contributed by atoms with Crippen molar-refractivity contribution in [2.75, 3.05) is 27.4 Å². The molecule has 0 spiro atoms. The van der Waals surface area contributed by atoms with Gasteiger partial charge in [0, 0.05) is 30.3 Å². The van der Waals surface area contributed by atoms with E-state index in [1.54, 1.807) is 14.2 Å². The van der Waals surface area contributed by atoms with Gasteiger partial charge >= 0.3 is 0 Å². The van der Waals surface area contributed by atoms with Gasteiger partial charge in [-0.2, -0.15) is 0 Å². The second-order valence-electron chi connectivity index (χ2n) is 5.08. The lowest BCUT2D eigenvalue weighted by atomic mass is 9.91. The highest BCUT2D eigenvalue weighted by Gasteiger charge is 2.22. The van der Waals surface area contributed by atoms with Crippen molar-refractivity contribution in [3.8, 4) is 5.75 Å². The molecule has 2 unspecified atom stereocenters. The maximum atomic E-state index is 6.15. The third-order valence-electron chi connectivity index (χ3n) is 3.49. The molecule has 3 nitrogen and oxygen atoms in total. The van der Waals surface area contributed by atoms with E-state index in [1.807, 2.05) is 18.2 Å². The highest BCUT2D eigenvalue weighted by atomic mass is 35.5. The zero-order valence-electron chi connectivity index (χ0n) is 12.9. The standard InChI is InChI=1S/C16H26ClNO2/c1-5-9-18-16(12(2)8-10-19-3)14-11-13(17)6-7-15(14)20-4/h6-7,11-12,16,18H,5,8-10H2,1-4H3. The average Bonchev–Trinajstić information content (AvgIpc) is 2.45. The van der Waals surface area contributed by atoms with E-state index in [2.05, 4.69) is 19.2 Å². The van der Waals surface area contributed by atoms with E-state index in [0.29, 0.717) is 5.92 Å². The van der Waals surface area contributed by atoms with Crippen LogP contribution in [0.1, 0.15) is 38.3 Å². The first-order valence-corrected chi connectivity index (χ1v) is 7.57. The van der Waals surface area contributed by atoms with Crippen molar-refractivity contribution in [1.82, 2.24) is 5.32 Å². The summed E-state index contributed by atoms with van der Waals surface area (Å²) < 4.78 is 10.7. The Balaban J connectivity index is 2.99. The molecule has 0 aromatic heterocycles. The normalized spacial score (nSPS) is 14.1. The summed E-state index contributed by atoms with van der Waals surface area (Å²) in [5, 5.41) is 4.34. The highest BCUT2D eigenvalue weighted by Crippen LogP contribution is 2.33. The lowest BCUT2D eigenvalue weighted by Gasteiger charge is -2.27. The predicted molar refractivity (Wildman–Crippen MR) is 84.7 cm³/mol. The zero-order valence-corrected chi connectivity index (χ0v) is 13.7. The van der Waals surface area contributed by atoms with Crippen LogP contribution in [-0.2, 0) is 4.74 Å². The molecule has 0 fully saturated rings. The third kappa shape index (κ3) is 4.97. The average molecular weight is 300 g/mol. The fourth-order valence-electron chi connectivity index (χ4n) is 2.34. The molecule has 0 radical (unpaired) electrons. The summed E-state index contributed by atoms with van der Waals surface area (Å²) in [6.45, 7) is 6.12. The lowest BCUT2D eigenvalue weighted by Crippen LogP contribution is -2.28. The lowest BCUT2D eigenvalue weighted by molar-refractivity contribution is 0.169. The van der Waals surface area contributed by atoms with Gasteiger partial charge in [-0.15, -0.1) is 0 Å². The number of rotatable bonds is 9. The van der Waals surface area contributed by atoms with E-state index in [0.717, 1.165) is 42.3 Å². The zero-order chi connectivity index (χ0) is 15.0. The predicted octanol–water partition coefficient (Wildman–Crippen LogP) is 4.06. The van der Waals surface area contributed by atoms with E-state index in [1.165, 1.54) is 0 Å². The quantitative estimate of drug-likeness (QED) is 0.746. The number of halogens is 1. The van der Waals surface area contributed by atoms with Gasteiger partial charge in [0.15, 0.2) is 0 Å². The van der Waals surface area contributed by atoms with Crippen molar-refractivity contribution < 1.29 is 9.47 Å². The first kappa shape index (κ1) is 17.3. The van der Waals surface area contributed by atoms with Crippen LogP contribution in [0.4, 0.5) is 0 Å². The first-order valence-electron chi connectivity index (χ1n) is 7.19. The third-order valence-corrected chi connectivity index (χ3v) is 3.72. The van der Waals surface area contributed by atoms with Gasteiger partial charge in [0.25, 0.3) is 0 Å². The van der Waals surface area contributed by atoms with Crippen LogP contribution in [0.5, 0.6) is 5.75 Å². The number of nitrogens with one attached hydrogen (secondary N) is 1. The molecular weight excluding hydrogens is 274 g/mol. The van der Waals surface area contributed by atoms with Gasteiger partial charge in [0.05, 0.1) is 7.11 Å². The minimum absolute atomic E-state index is 0.221. The molecule has 0 aliphatic carbocycles. The van der Waals surface area contributed by atoms with E-state index in [-0.39, 0.29) is 6.04 Å². The summed E-state index contributed by atoms with van der Waals surface area (Å²) in [4.78, 5) is 0. The Morgan fingerprint density at radius 1 is 1.30 bits per heavy atom. The van der Waals surface area contributed by atoms with E-state index < -0.39 is 0 Å². The number of hydrogen-bond acceptors (Lipinski definition) is 3. The minimum atomic E-state index is 0.221. The van der Waals surface area contributed by atoms with Crippen molar-refractivity contribution in [2.45, 2.75) is 32.7 Å². The topological polar surface area (TPSA) is 30.5 Å². The fraction of sp³-hybridized carbons (Fsp3) is 0.625. The van der Waals surface area contributed by atoms with Crippen LogP contribution in [0.3, 0.4) is 0 Å². The first-order chi connectivity index (χ1) is 9.63. The maximum Gasteiger partial charge on any atom is 0.123 e. The van der Waals surface area contributed by atoms with Crippen LogP contribution in [-0.4, -0.2) is 27.4 Å². The molecule has 1 rings (SSSR count). The van der Waals surface area contributed by atoms with Crippen LogP contribution in [0.2, 0.25) is 5.02 Å². The second-order valence-corrected chi connectivity index (χ2v) is 5.51. The smallest absolute Gasteiger partial charge is 0.123 e. The van der Waals surface area contributed by atoms with Crippen LogP contribution < -0.4 is 10.1 Å². The van der Waals surface area contributed by atoms with Crippen molar-refractivity contribution in [3.63, 3.8) is 0 Å². The number of methoxy groups -OCH3 is 2. The molecule has 0 aliphatic rings. The van der Waals surface area contributed by atoms with Gasteiger partial charge in [-0.05, 0) is 43.5 Å². The van der Waals surface area contributed by atoms with Crippen LogP contribution in [0.15, 0.2) is 18.2 Å². The number of ether oxygens (including phenoxy) is 2.